The molecule has 0 heterocycles. The van der Waals surface area contributed by atoms with E-state index in [4.69, 9.17) is 0 Å². The Labute approximate surface area is 117 Å². The van der Waals surface area contributed by atoms with E-state index in [1.807, 2.05) is 13.8 Å². The summed E-state index contributed by atoms with van der Waals surface area (Å²) in [5, 5.41) is 3.49. The van der Waals surface area contributed by atoms with Crippen LogP contribution in [0.2, 0.25) is 0 Å². The van der Waals surface area contributed by atoms with E-state index in [0.29, 0.717) is 11.0 Å². The average molecular weight is 367 g/mol. The van der Waals surface area contributed by atoms with Gasteiger partial charge in [0, 0.05) is 16.3 Å². The van der Waals surface area contributed by atoms with Gasteiger partial charge in [-0.15, -0.1) is 0 Å². The highest BCUT2D eigenvalue weighted by atomic mass is 79.9. The Hall–Kier alpha value is -0.420. The van der Waals surface area contributed by atoms with Crippen molar-refractivity contribution in [2.75, 3.05) is 11.9 Å². The first-order chi connectivity index (χ1) is 7.85. The summed E-state index contributed by atoms with van der Waals surface area (Å²) in [5.74, 6) is -0.905. The van der Waals surface area contributed by atoms with Gasteiger partial charge in [-0.25, -0.2) is 4.39 Å². The Balaban J connectivity index is 2.71. The van der Waals surface area contributed by atoms with Crippen molar-refractivity contribution in [1.82, 2.24) is 5.32 Å². The van der Waals surface area contributed by atoms with Crippen LogP contribution in [0, 0.1) is 11.2 Å². The molecule has 0 saturated carbocycles. The van der Waals surface area contributed by atoms with E-state index in [0.717, 1.165) is 5.33 Å². The van der Waals surface area contributed by atoms with Gasteiger partial charge in [0.1, 0.15) is 5.82 Å². The first-order valence-electron chi connectivity index (χ1n) is 5.15. The van der Waals surface area contributed by atoms with Gasteiger partial charge in [0.15, 0.2) is 0 Å². The first kappa shape index (κ1) is 14.6. The molecule has 0 spiro atoms. The third-order valence-corrected chi connectivity index (χ3v) is 4.28. The van der Waals surface area contributed by atoms with E-state index >= 15 is 0 Å². The van der Waals surface area contributed by atoms with Gasteiger partial charge in [-0.1, -0.05) is 45.7 Å². The highest BCUT2D eigenvalue weighted by molar-refractivity contribution is 9.10. The highest BCUT2D eigenvalue weighted by Gasteiger charge is 2.19. The topological polar surface area (TPSA) is 29.1 Å². The zero-order valence-electron chi connectivity index (χ0n) is 9.69. The van der Waals surface area contributed by atoms with Crippen LogP contribution in [0.25, 0.3) is 0 Å². The fraction of sp³-hybridized carbons (Fsp3) is 0.417. The quantitative estimate of drug-likeness (QED) is 0.808. The maximum absolute atomic E-state index is 13.5. The molecule has 0 radical (unpaired) electrons. The number of amides is 1. The minimum atomic E-state index is -0.520. The van der Waals surface area contributed by atoms with Crippen LogP contribution in [-0.4, -0.2) is 17.8 Å². The Bertz CT molecular complexity index is 421. The summed E-state index contributed by atoms with van der Waals surface area (Å²) in [6.07, 6.45) is 0. The lowest BCUT2D eigenvalue weighted by molar-refractivity contribution is 0.0936. The molecule has 1 aromatic carbocycles. The predicted molar refractivity (Wildman–Crippen MR) is 74.0 cm³/mol. The Morgan fingerprint density at radius 3 is 2.65 bits per heavy atom. The van der Waals surface area contributed by atoms with E-state index in [1.54, 1.807) is 6.07 Å². The van der Waals surface area contributed by atoms with Crippen LogP contribution >= 0.6 is 31.9 Å². The summed E-state index contributed by atoms with van der Waals surface area (Å²) in [4.78, 5) is 11.8. The molecule has 0 aliphatic heterocycles. The lowest BCUT2D eigenvalue weighted by Gasteiger charge is -2.21. The van der Waals surface area contributed by atoms with E-state index in [2.05, 4.69) is 37.2 Å². The summed E-state index contributed by atoms with van der Waals surface area (Å²) >= 11 is 6.52. The van der Waals surface area contributed by atoms with Gasteiger partial charge in [0.25, 0.3) is 5.91 Å². The molecular formula is C12H14Br2FNO. The maximum Gasteiger partial charge on any atom is 0.254 e. The fourth-order valence-electron chi connectivity index (χ4n) is 1.14. The van der Waals surface area contributed by atoms with Crippen LogP contribution in [0.15, 0.2) is 22.7 Å². The van der Waals surface area contributed by atoms with Crippen molar-refractivity contribution in [3.05, 3.63) is 34.1 Å². The van der Waals surface area contributed by atoms with Gasteiger partial charge < -0.3 is 5.32 Å². The second-order valence-corrected chi connectivity index (χ2v) is 6.08. The molecule has 0 unspecified atom stereocenters. The second kappa shape index (κ2) is 5.96. The molecule has 1 N–H and O–H groups in total. The van der Waals surface area contributed by atoms with Gasteiger partial charge in [-0.2, -0.15) is 0 Å². The predicted octanol–water partition coefficient (Wildman–Crippen LogP) is 3.74. The number of rotatable bonds is 4. The SMILES string of the molecule is CC(C)(CBr)CNC(=O)c1ccc(Br)cc1F. The van der Waals surface area contributed by atoms with Crippen LogP contribution < -0.4 is 5.32 Å². The highest BCUT2D eigenvalue weighted by Crippen LogP contribution is 2.18. The molecule has 0 aliphatic carbocycles. The standard InChI is InChI=1S/C12H14Br2FNO/c1-12(2,6-13)7-16-11(17)9-4-3-8(14)5-10(9)15/h3-5H,6-7H2,1-2H3,(H,16,17). The molecule has 0 bridgehead atoms. The average Bonchev–Trinajstić information content (AvgIpc) is 2.26. The van der Waals surface area contributed by atoms with Crippen molar-refractivity contribution in [3.8, 4) is 0 Å². The van der Waals surface area contributed by atoms with Crippen molar-refractivity contribution in [3.63, 3.8) is 0 Å². The van der Waals surface area contributed by atoms with Crippen LogP contribution in [-0.2, 0) is 0 Å². The Morgan fingerprint density at radius 1 is 1.47 bits per heavy atom. The molecule has 0 saturated heterocycles. The second-order valence-electron chi connectivity index (χ2n) is 4.60. The Morgan fingerprint density at radius 2 is 2.12 bits per heavy atom. The largest absolute Gasteiger partial charge is 0.351 e. The molecule has 0 aromatic heterocycles. The lowest BCUT2D eigenvalue weighted by atomic mass is 9.97. The van der Waals surface area contributed by atoms with Crippen LogP contribution in [0.4, 0.5) is 4.39 Å². The van der Waals surface area contributed by atoms with Crippen molar-refractivity contribution >= 4 is 37.8 Å². The molecule has 17 heavy (non-hydrogen) atoms. The number of carbonyl (C=O) groups is 1. The van der Waals surface area contributed by atoms with Crippen molar-refractivity contribution < 1.29 is 9.18 Å². The molecule has 2 nitrogen and oxygen atoms in total. The lowest BCUT2D eigenvalue weighted by Crippen LogP contribution is -2.35. The number of nitrogens with one attached hydrogen (secondary N) is 1. The number of carbonyl (C=O) groups excluding carboxylic acids is 1. The molecule has 1 rings (SSSR count). The van der Waals surface area contributed by atoms with Crippen molar-refractivity contribution in [2.45, 2.75) is 13.8 Å². The molecule has 0 atom stereocenters. The van der Waals surface area contributed by atoms with Crippen LogP contribution in [0.3, 0.4) is 0 Å². The van der Waals surface area contributed by atoms with Crippen molar-refractivity contribution in [1.29, 1.82) is 0 Å². The number of alkyl halides is 1. The molecule has 0 aliphatic rings. The minimum Gasteiger partial charge on any atom is -0.351 e. The van der Waals surface area contributed by atoms with E-state index < -0.39 is 5.82 Å². The van der Waals surface area contributed by atoms with Gasteiger partial charge in [0.2, 0.25) is 0 Å². The third-order valence-electron chi connectivity index (χ3n) is 2.27. The monoisotopic (exact) mass is 365 g/mol. The van der Waals surface area contributed by atoms with Gasteiger partial charge >= 0.3 is 0 Å². The third kappa shape index (κ3) is 4.39. The number of hydrogen-bond donors (Lipinski definition) is 1. The zero-order valence-corrected chi connectivity index (χ0v) is 12.9. The summed E-state index contributed by atoms with van der Waals surface area (Å²) in [6.45, 7) is 4.52. The molecule has 1 amide bonds. The Kier molecular flexibility index (Phi) is 5.13. The van der Waals surface area contributed by atoms with E-state index in [9.17, 15) is 9.18 Å². The summed E-state index contributed by atoms with van der Waals surface area (Å²) in [5.41, 5.74) is 0.0141. The summed E-state index contributed by atoms with van der Waals surface area (Å²) < 4.78 is 14.1. The van der Waals surface area contributed by atoms with E-state index in [-0.39, 0.29) is 16.9 Å². The molecule has 0 fully saturated rings. The normalized spacial score (nSPS) is 11.4. The molecule has 94 valence electrons. The maximum atomic E-state index is 13.5. The van der Waals surface area contributed by atoms with Crippen molar-refractivity contribution in [2.24, 2.45) is 5.41 Å². The smallest absolute Gasteiger partial charge is 0.254 e. The number of hydrogen-bond acceptors (Lipinski definition) is 1. The van der Waals surface area contributed by atoms with E-state index in [1.165, 1.54) is 12.1 Å². The van der Waals surface area contributed by atoms with Gasteiger partial charge in [-0.3, -0.25) is 4.79 Å². The van der Waals surface area contributed by atoms with Gasteiger partial charge in [0.05, 0.1) is 5.56 Å². The zero-order chi connectivity index (χ0) is 13.1. The first-order valence-corrected chi connectivity index (χ1v) is 7.06. The molecule has 5 heteroatoms. The summed E-state index contributed by atoms with van der Waals surface area (Å²) in [7, 11) is 0. The van der Waals surface area contributed by atoms with Gasteiger partial charge in [-0.05, 0) is 23.6 Å². The minimum absolute atomic E-state index is 0.0541. The van der Waals surface area contributed by atoms with Crippen LogP contribution in [0.5, 0.6) is 0 Å². The fourth-order valence-corrected chi connectivity index (χ4v) is 1.67. The number of benzene rings is 1. The summed E-state index contributed by atoms with van der Waals surface area (Å²) in [6, 6.07) is 4.40. The molecule has 1 aromatic rings. The number of halogens is 3. The van der Waals surface area contributed by atoms with Crippen LogP contribution in [0.1, 0.15) is 24.2 Å². The molecular weight excluding hydrogens is 353 g/mol.